The van der Waals surface area contributed by atoms with Crippen LogP contribution < -0.4 is 0 Å². The molecule has 0 bridgehead atoms. The molecule has 0 saturated carbocycles. The van der Waals surface area contributed by atoms with Gasteiger partial charge in [0.1, 0.15) is 0 Å². The van der Waals surface area contributed by atoms with Crippen molar-refractivity contribution in [1.82, 2.24) is 0 Å². The monoisotopic (exact) mass is 374 g/mol. The number of sulfone groups is 2. The molecule has 118 valence electrons. The lowest BCUT2D eigenvalue weighted by atomic mass is 10.2. The fourth-order valence-electron chi connectivity index (χ4n) is 1.46. The number of benzene rings is 1. The Balaban J connectivity index is 3.28. The Bertz CT molecular complexity index is 768. The van der Waals surface area contributed by atoms with Crippen molar-refractivity contribution in [2.75, 3.05) is 17.3 Å². The number of hydrogen-bond acceptors (Lipinski definition) is 5. The highest BCUT2D eigenvalue weighted by molar-refractivity contribution is 7.95. The lowest BCUT2D eigenvalue weighted by Gasteiger charge is -2.09. The summed E-state index contributed by atoms with van der Waals surface area (Å²) in [6.45, 7) is 1.40. The van der Waals surface area contributed by atoms with Crippen LogP contribution in [-0.4, -0.2) is 45.2 Å². The lowest BCUT2D eigenvalue weighted by molar-refractivity contribution is 0.0697. The molecule has 0 aliphatic carbocycles. The highest BCUT2D eigenvalue weighted by Gasteiger charge is 2.26. The van der Waals surface area contributed by atoms with Crippen LogP contribution in [0.5, 0.6) is 0 Å². The molecule has 0 spiro atoms. The second kappa shape index (κ2) is 6.51. The summed E-state index contributed by atoms with van der Waals surface area (Å²) >= 11 is 11.4. The van der Waals surface area contributed by atoms with E-state index in [2.05, 4.69) is 0 Å². The zero-order chi connectivity index (χ0) is 16.4. The molecule has 0 aromatic heterocycles. The minimum Gasteiger partial charge on any atom is -0.478 e. The SMILES string of the molecule is CCS(=O)(=O)CCS(=O)(=O)c1ccc(Cl)c(C(=O)O)c1Cl. The molecular weight excluding hydrogens is 363 g/mol. The molecule has 0 amide bonds. The summed E-state index contributed by atoms with van der Waals surface area (Å²) in [5.74, 6) is -2.89. The van der Waals surface area contributed by atoms with Crippen LogP contribution in [0.2, 0.25) is 10.0 Å². The maximum absolute atomic E-state index is 12.1. The van der Waals surface area contributed by atoms with Crippen molar-refractivity contribution in [3.8, 4) is 0 Å². The first-order valence-corrected chi connectivity index (χ1v) is 9.89. The van der Waals surface area contributed by atoms with E-state index in [9.17, 15) is 21.6 Å². The predicted molar refractivity (Wildman–Crippen MR) is 79.8 cm³/mol. The van der Waals surface area contributed by atoms with Gasteiger partial charge in [0.2, 0.25) is 0 Å². The third-order valence-electron chi connectivity index (χ3n) is 2.71. The smallest absolute Gasteiger partial charge is 0.338 e. The average molecular weight is 375 g/mol. The van der Waals surface area contributed by atoms with Crippen molar-refractivity contribution in [1.29, 1.82) is 0 Å². The molecule has 0 saturated heterocycles. The first-order chi connectivity index (χ1) is 9.52. The van der Waals surface area contributed by atoms with E-state index in [1.54, 1.807) is 0 Å². The Labute approximate surface area is 132 Å². The molecule has 1 rings (SSSR count). The lowest BCUT2D eigenvalue weighted by Crippen LogP contribution is -2.19. The normalized spacial score (nSPS) is 12.3. The number of carboxylic acids is 1. The van der Waals surface area contributed by atoms with Crippen molar-refractivity contribution in [3.05, 3.63) is 27.7 Å². The first-order valence-electron chi connectivity index (χ1n) is 5.66. The highest BCUT2D eigenvalue weighted by atomic mass is 35.5. The van der Waals surface area contributed by atoms with Crippen LogP contribution in [0.1, 0.15) is 17.3 Å². The largest absolute Gasteiger partial charge is 0.478 e. The van der Waals surface area contributed by atoms with Crippen LogP contribution in [0.25, 0.3) is 0 Å². The Morgan fingerprint density at radius 1 is 1.14 bits per heavy atom. The van der Waals surface area contributed by atoms with Gasteiger partial charge in [-0.25, -0.2) is 21.6 Å². The average Bonchev–Trinajstić information content (AvgIpc) is 2.36. The van der Waals surface area contributed by atoms with Crippen molar-refractivity contribution < 1.29 is 26.7 Å². The molecule has 0 aliphatic rings. The van der Waals surface area contributed by atoms with Gasteiger partial charge in [-0.05, 0) is 12.1 Å². The molecule has 6 nitrogen and oxygen atoms in total. The van der Waals surface area contributed by atoms with Crippen molar-refractivity contribution in [2.24, 2.45) is 0 Å². The third kappa shape index (κ3) is 4.32. The van der Waals surface area contributed by atoms with E-state index < -0.39 is 52.6 Å². The zero-order valence-corrected chi connectivity index (χ0v) is 14.0. The fraction of sp³-hybridized carbons (Fsp3) is 0.364. The molecular formula is C11H12Cl2O6S2. The number of carboxylic acid groups (broad SMARTS) is 1. The van der Waals surface area contributed by atoms with Gasteiger partial charge in [0.05, 0.1) is 32.0 Å². The Hall–Kier alpha value is -0.830. The number of rotatable bonds is 6. The van der Waals surface area contributed by atoms with Gasteiger partial charge in [0.15, 0.2) is 19.7 Å². The minimum atomic E-state index is -4.04. The molecule has 0 radical (unpaired) electrons. The van der Waals surface area contributed by atoms with Crippen LogP contribution in [0.4, 0.5) is 0 Å². The van der Waals surface area contributed by atoms with E-state index in [1.165, 1.54) is 6.92 Å². The number of aromatic carboxylic acids is 1. The second-order valence-electron chi connectivity index (χ2n) is 4.09. The topological polar surface area (TPSA) is 106 Å². The summed E-state index contributed by atoms with van der Waals surface area (Å²) < 4.78 is 47.0. The van der Waals surface area contributed by atoms with Gasteiger partial charge in [0, 0.05) is 5.75 Å². The van der Waals surface area contributed by atoms with Gasteiger partial charge in [-0.15, -0.1) is 0 Å². The molecule has 0 unspecified atom stereocenters. The molecule has 0 fully saturated rings. The zero-order valence-electron chi connectivity index (χ0n) is 10.8. The molecule has 0 aliphatic heterocycles. The second-order valence-corrected chi connectivity index (χ2v) is 9.43. The minimum absolute atomic E-state index is 0.183. The molecule has 0 heterocycles. The number of carbonyl (C=O) groups is 1. The first kappa shape index (κ1) is 18.2. The van der Waals surface area contributed by atoms with E-state index in [0.717, 1.165) is 12.1 Å². The van der Waals surface area contributed by atoms with Crippen molar-refractivity contribution >= 4 is 48.8 Å². The van der Waals surface area contributed by atoms with Crippen molar-refractivity contribution in [2.45, 2.75) is 11.8 Å². The molecule has 21 heavy (non-hydrogen) atoms. The molecule has 1 aromatic carbocycles. The van der Waals surface area contributed by atoms with Gasteiger partial charge < -0.3 is 5.11 Å². The maximum Gasteiger partial charge on any atom is 0.338 e. The van der Waals surface area contributed by atoms with Gasteiger partial charge in [-0.2, -0.15) is 0 Å². The van der Waals surface area contributed by atoms with Gasteiger partial charge >= 0.3 is 5.97 Å². The number of halogens is 2. The van der Waals surface area contributed by atoms with Crippen LogP contribution in [-0.2, 0) is 19.7 Å². The van der Waals surface area contributed by atoms with E-state index in [1.807, 2.05) is 0 Å². The summed E-state index contributed by atoms with van der Waals surface area (Å²) in [6, 6.07) is 2.16. The molecule has 10 heteroatoms. The van der Waals surface area contributed by atoms with Crippen molar-refractivity contribution in [3.63, 3.8) is 0 Å². The van der Waals surface area contributed by atoms with E-state index >= 15 is 0 Å². The standard InChI is InChI=1S/C11H12Cl2O6S2/c1-2-20(16,17)5-6-21(18,19)8-4-3-7(12)9(10(8)13)11(14)15/h3-4H,2,5-6H2,1H3,(H,14,15). The molecule has 1 aromatic rings. The Kier molecular flexibility index (Phi) is 5.65. The maximum atomic E-state index is 12.1. The Morgan fingerprint density at radius 2 is 1.71 bits per heavy atom. The fourth-order valence-corrected chi connectivity index (χ4v) is 5.40. The van der Waals surface area contributed by atoms with E-state index in [-0.39, 0.29) is 10.8 Å². The summed E-state index contributed by atoms with van der Waals surface area (Å²) in [6.07, 6.45) is 0. The van der Waals surface area contributed by atoms with Gasteiger partial charge in [-0.3, -0.25) is 0 Å². The predicted octanol–water partition coefficient (Wildman–Crippen LogP) is 1.90. The third-order valence-corrected chi connectivity index (χ3v) is 7.24. The quantitative estimate of drug-likeness (QED) is 0.814. The van der Waals surface area contributed by atoms with Gasteiger partial charge in [0.25, 0.3) is 0 Å². The van der Waals surface area contributed by atoms with E-state index in [4.69, 9.17) is 28.3 Å². The highest BCUT2D eigenvalue weighted by Crippen LogP contribution is 2.31. The summed E-state index contributed by atoms with van der Waals surface area (Å²) in [5, 5.41) is 8.25. The molecule has 1 N–H and O–H groups in total. The Morgan fingerprint density at radius 3 is 2.19 bits per heavy atom. The van der Waals surface area contributed by atoms with Crippen LogP contribution in [0.3, 0.4) is 0 Å². The van der Waals surface area contributed by atoms with E-state index in [0.29, 0.717) is 0 Å². The van der Waals surface area contributed by atoms with Gasteiger partial charge in [-0.1, -0.05) is 30.1 Å². The summed E-state index contributed by atoms with van der Waals surface area (Å²) in [5.41, 5.74) is -0.530. The van der Waals surface area contributed by atoms with Crippen LogP contribution in [0.15, 0.2) is 17.0 Å². The summed E-state index contributed by atoms with van der Waals surface area (Å²) in [4.78, 5) is 10.6. The summed E-state index contributed by atoms with van der Waals surface area (Å²) in [7, 11) is -7.51. The molecule has 0 atom stereocenters. The number of hydrogen-bond donors (Lipinski definition) is 1. The van der Waals surface area contributed by atoms with Crippen LogP contribution >= 0.6 is 23.2 Å². The van der Waals surface area contributed by atoms with Crippen LogP contribution in [0, 0.1) is 0 Å².